The average molecular weight is 784 g/mol. The number of anilines is 2. The van der Waals surface area contributed by atoms with Crippen LogP contribution in [0.2, 0.25) is 0 Å². The van der Waals surface area contributed by atoms with E-state index in [1.807, 2.05) is 11.3 Å². The molecule has 1 N–H and O–H groups in total. The molecular formula is C54H48BN2OS. The van der Waals surface area contributed by atoms with Crippen molar-refractivity contribution in [1.29, 1.82) is 0 Å². The highest BCUT2D eigenvalue weighted by atomic mass is 32.1. The van der Waals surface area contributed by atoms with Crippen LogP contribution in [0.15, 0.2) is 126 Å². The van der Waals surface area contributed by atoms with Crippen molar-refractivity contribution in [2.45, 2.75) is 78.6 Å². The normalized spacial score (nSPS) is 13.3. The van der Waals surface area contributed by atoms with Crippen molar-refractivity contribution in [3.05, 3.63) is 138 Å². The molecule has 0 saturated carbocycles. The number of fused-ring (bicyclic) bond motifs is 12. The molecule has 1 aliphatic heterocycles. The van der Waals surface area contributed by atoms with E-state index >= 15 is 0 Å². The van der Waals surface area contributed by atoms with E-state index in [-0.39, 0.29) is 16.2 Å². The number of nitrogens with one attached hydrogen (secondary N) is 1. The molecule has 7 aromatic carbocycles. The fourth-order valence-electron chi connectivity index (χ4n) is 9.41. The van der Waals surface area contributed by atoms with Crippen LogP contribution in [0.3, 0.4) is 0 Å². The van der Waals surface area contributed by atoms with E-state index in [2.05, 4.69) is 201 Å². The number of hydrogen-bond acceptors (Lipinski definition) is 3. The van der Waals surface area contributed by atoms with Gasteiger partial charge in [0, 0.05) is 70.0 Å². The van der Waals surface area contributed by atoms with Crippen molar-refractivity contribution in [3.8, 4) is 16.8 Å². The molecular weight excluding hydrogens is 735 g/mol. The van der Waals surface area contributed by atoms with Gasteiger partial charge in [-0.1, -0.05) is 135 Å². The first kappa shape index (κ1) is 36.3. The van der Waals surface area contributed by atoms with E-state index in [1.165, 1.54) is 80.7 Å². The first-order valence-electron chi connectivity index (χ1n) is 20.9. The van der Waals surface area contributed by atoms with Crippen LogP contribution in [0.1, 0.15) is 79.0 Å². The first-order chi connectivity index (χ1) is 28.1. The summed E-state index contributed by atoms with van der Waals surface area (Å²) >= 11 is 1.88. The first-order valence-corrected chi connectivity index (χ1v) is 21.7. The van der Waals surface area contributed by atoms with E-state index in [9.17, 15) is 0 Å². The Morgan fingerprint density at radius 2 is 1.24 bits per heavy atom. The molecule has 0 bridgehead atoms. The summed E-state index contributed by atoms with van der Waals surface area (Å²) in [4.78, 5) is 0. The zero-order valence-electron chi connectivity index (χ0n) is 35.4. The molecule has 3 nitrogen and oxygen atoms in total. The van der Waals surface area contributed by atoms with Crippen LogP contribution in [0.4, 0.5) is 11.4 Å². The van der Waals surface area contributed by atoms with Gasteiger partial charge in [-0.15, -0.1) is 11.3 Å². The fourth-order valence-corrected chi connectivity index (χ4v) is 10.5. The highest BCUT2D eigenvalue weighted by Crippen LogP contribution is 2.48. The van der Waals surface area contributed by atoms with Crippen molar-refractivity contribution in [1.82, 2.24) is 4.57 Å². The number of aromatic nitrogens is 1. The van der Waals surface area contributed by atoms with Gasteiger partial charge in [0.1, 0.15) is 11.2 Å². The molecule has 0 spiro atoms. The molecule has 1 radical (unpaired) electrons. The zero-order valence-corrected chi connectivity index (χ0v) is 36.2. The van der Waals surface area contributed by atoms with Gasteiger partial charge in [0.05, 0.1) is 5.52 Å². The van der Waals surface area contributed by atoms with Gasteiger partial charge in [0.25, 0.3) is 0 Å². The van der Waals surface area contributed by atoms with Gasteiger partial charge in [-0.05, 0) is 98.4 Å². The molecule has 10 aromatic rings. The second-order valence-corrected chi connectivity index (χ2v) is 20.8. The third-order valence-electron chi connectivity index (χ3n) is 12.7. The number of hydrogen-bond donors (Lipinski definition) is 1. The van der Waals surface area contributed by atoms with E-state index in [0.29, 0.717) is 0 Å². The van der Waals surface area contributed by atoms with Gasteiger partial charge in [-0.3, -0.25) is 0 Å². The summed E-state index contributed by atoms with van der Waals surface area (Å²) in [5.41, 5.74) is 16.1. The highest BCUT2D eigenvalue weighted by Gasteiger charge is 2.33. The van der Waals surface area contributed by atoms with Crippen LogP contribution in [0, 0.1) is 0 Å². The summed E-state index contributed by atoms with van der Waals surface area (Å²) < 4.78 is 12.4. The van der Waals surface area contributed by atoms with Crippen LogP contribution < -0.4 is 16.2 Å². The lowest BCUT2D eigenvalue weighted by atomic mass is 9.58. The van der Waals surface area contributed by atoms with Crippen molar-refractivity contribution in [2.24, 2.45) is 0 Å². The Bertz CT molecular complexity index is 3370. The molecule has 0 saturated heterocycles. The topological polar surface area (TPSA) is 30.1 Å². The number of benzene rings is 7. The minimum absolute atomic E-state index is 0.0184. The molecule has 1 aliphatic rings. The summed E-state index contributed by atoms with van der Waals surface area (Å²) in [6.07, 6.45) is 0. The lowest BCUT2D eigenvalue weighted by Gasteiger charge is -2.26. The largest absolute Gasteiger partial charge is 0.455 e. The minimum Gasteiger partial charge on any atom is -0.455 e. The number of para-hydroxylation sites is 1. The Morgan fingerprint density at radius 1 is 0.576 bits per heavy atom. The van der Waals surface area contributed by atoms with Gasteiger partial charge < -0.3 is 14.3 Å². The molecule has 3 aromatic heterocycles. The molecule has 0 amide bonds. The Hall–Kier alpha value is -5.78. The molecule has 0 unspecified atom stereocenters. The maximum atomic E-state index is 7.20. The lowest BCUT2D eigenvalue weighted by molar-refractivity contribution is 0.590. The molecule has 0 aliphatic carbocycles. The summed E-state index contributed by atoms with van der Waals surface area (Å²) in [7, 11) is 2.46. The number of nitrogens with zero attached hydrogens (tertiary/aromatic N) is 1. The van der Waals surface area contributed by atoms with Gasteiger partial charge in [0.15, 0.2) is 7.28 Å². The Morgan fingerprint density at radius 3 is 1.98 bits per heavy atom. The number of furan rings is 1. The van der Waals surface area contributed by atoms with Crippen LogP contribution in [0.5, 0.6) is 0 Å². The van der Waals surface area contributed by atoms with Gasteiger partial charge in [-0.2, -0.15) is 0 Å². The monoisotopic (exact) mass is 783 g/mol. The summed E-state index contributed by atoms with van der Waals surface area (Å²) in [5, 5.41) is 11.3. The molecule has 0 fully saturated rings. The Balaban J connectivity index is 1.30. The van der Waals surface area contributed by atoms with E-state index in [0.717, 1.165) is 39.1 Å². The highest BCUT2D eigenvalue weighted by molar-refractivity contribution is 7.25. The van der Waals surface area contributed by atoms with Crippen LogP contribution in [0.25, 0.3) is 80.7 Å². The second-order valence-electron chi connectivity index (χ2n) is 19.7. The van der Waals surface area contributed by atoms with Crippen LogP contribution in [-0.2, 0) is 16.2 Å². The predicted molar refractivity (Wildman–Crippen MR) is 257 cm³/mol. The van der Waals surface area contributed by atoms with Gasteiger partial charge in [-0.25, -0.2) is 0 Å². The summed E-state index contributed by atoms with van der Waals surface area (Å²) in [6.45, 7) is 20.6. The standard InChI is InChI=1S/C54H48BN2OS/c1-52(2,3)30-18-22-33(23-19-30)56-40-24-20-31(53(4,5)6)26-37(40)48-49-50-46(47-35-15-10-12-16-43(35)58-51(47)48)38-27-32(54(7,8)9)21-25-41(38)57(50)42-29-45-36(28-39(42)55-49)34-14-11-13-17-44(34)59-45/h10-29,56H,1-9H3. The van der Waals surface area contributed by atoms with E-state index in [1.54, 1.807) is 0 Å². The molecule has 11 rings (SSSR count). The van der Waals surface area contributed by atoms with Crippen LogP contribution in [-0.4, -0.2) is 11.8 Å². The maximum absolute atomic E-state index is 7.20. The number of rotatable bonds is 3. The lowest BCUT2D eigenvalue weighted by Crippen LogP contribution is -2.37. The van der Waals surface area contributed by atoms with E-state index in [4.69, 9.17) is 4.42 Å². The van der Waals surface area contributed by atoms with E-state index < -0.39 is 0 Å². The van der Waals surface area contributed by atoms with Gasteiger partial charge in [0.2, 0.25) is 0 Å². The minimum atomic E-state index is -0.0733. The molecule has 5 heteroatoms. The summed E-state index contributed by atoms with van der Waals surface area (Å²) in [5.74, 6) is 0. The van der Waals surface area contributed by atoms with Gasteiger partial charge >= 0.3 is 0 Å². The smallest absolute Gasteiger partial charge is 0.198 e. The Labute approximate surface area is 350 Å². The second kappa shape index (κ2) is 12.4. The number of thiophene rings is 1. The quantitative estimate of drug-likeness (QED) is 0.181. The van der Waals surface area contributed by atoms with Crippen molar-refractivity contribution in [3.63, 3.8) is 0 Å². The van der Waals surface area contributed by atoms with Crippen LogP contribution >= 0.6 is 11.3 Å². The molecule has 59 heavy (non-hydrogen) atoms. The SMILES string of the molecule is CC(C)(C)c1ccc(Nc2ccc(C(C)(C)C)cc2-c2c3c4c(c5cc(C(C)(C)C)ccc5n4-c4cc5sc6ccccc6c5cc4[B]3)c3c2oc2ccccc23)cc1. The van der Waals surface area contributed by atoms with Crippen molar-refractivity contribution in [2.75, 3.05) is 5.32 Å². The predicted octanol–water partition coefficient (Wildman–Crippen LogP) is 14.3. The van der Waals surface area contributed by atoms with Crippen molar-refractivity contribution < 1.29 is 4.42 Å². The maximum Gasteiger partial charge on any atom is 0.198 e. The van der Waals surface area contributed by atoms with Crippen molar-refractivity contribution >= 4 is 105 Å². The average Bonchev–Trinajstić information content (AvgIpc) is 3.86. The fraction of sp³-hybridized carbons (Fsp3) is 0.222. The molecule has 289 valence electrons. The third-order valence-corrected chi connectivity index (χ3v) is 13.8. The molecule has 4 heterocycles. The Kier molecular flexibility index (Phi) is 7.62. The summed E-state index contributed by atoms with van der Waals surface area (Å²) in [6, 6.07) is 45.4. The zero-order chi connectivity index (χ0) is 40.7. The third kappa shape index (κ3) is 5.54. The molecule has 0 atom stereocenters.